The first-order valence-corrected chi connectivity index (χ1v) is 7.25. The largest absolute Gasteiger partial charge is 0.465 e. The number of halogens is 2. The highest BCUT2D eigenvalue weighted by molar-refractivity contribution is 9.10. The predicted octanol–water partition coefficient (Wildman–Crippen LogP) is 3.20. The Bertz CT molecular complexity index is 883. The molecule has 3 aromatic rings. The number of hydrogen-bond donors (Lipinski definition) is 0. The summed E-state index contributed by atoms with van der Waals surface area (Å²) in [5.74, 6) is -1.43. The fraction of sp³-hybridized carbons (Fsp3) is 0.0625. The van der Waals surface area contributed by atoms with Crippen LogP contribution in [0, 0.1) is 5.95 Å². The number of ether oxygens (including phenoxy) is 1. The van der Waals surface area contributed by atoms with Crippen molar-refractivity contribution in [3.63, 3.8) is 0 Å². The van der Waals surface area contributed by atoms with Gasteiger partial charge in [0.05, 0.1) is 12.6 Å². The molecule has 0 amide bonds. The summed E-state index contributed by atoms with van der Waals surface area (Å²) in [5.41, 5.74) is 1.16. The second-order valence-corrected chi connectivity index (χ2v) is 5.32. The number of esters is 1. The van der Waals surface area contributed by atoms with Gasteiger partial charge < -0.3 is 4.74 Å². The van der Waals surface area contributed by atoms with E-state index >= 15 is 0 Å². The topological polar surface area (TPSA) is 43.1 Å². The molecule has 0 bridgehead atoms. The summed E-state index contributed by atoms with van der Waals surface area (Å²) in [6, 6.07) is 12.3. The molecule has 0 saturated carbocycles. The molecule has 0 spiro atoms. The number of benzene rings is 1. The van der Waals surface area contributed by atoms with Crippen molar-refractivity contribution in [1.82, 2.24) is 4.98 Å². The molecule has 0 aliphatic heterocycles. The summed E-state index contributed by atoms with van der Waals surface area (Å²) < 4.78 is 20.9. The van der Waals surface area contributed by atoms with Gasteiger partial charge in [0.1, 0.15) is 0 Å². The zero-order chi connectivity index (χ0) is 15.7. The Morgan fingerprint density at radius 1 is 1.27 bits per heavy atom. The molecular weight excluding hydrogens is 351 g/mol. The van der Waals surface area contributed by atoms with Crippen LogP contribution in [0.1, 0.15) is 10.4 Å². The first kappa shape index (κ1) is 14.6. The third kappa shape index (κ3) is 2.46. The van der Waals surface area contributed by atoms with E-state index in [0.29, 0.717) is 10.3 Å². The lowest BCUT2D eigenvalue weighted by molar-refractivity contribution is -0.628. The SMILES string of the molecule is COC(=O)c1ccc[n+](-c2cc3ccccc3nc2Br)c1F. The molecule has 0 unspecified atom stereocenters. The number of carbonyl (C=O) groups is 1. The molecule has 6 heteroatoms. The van der Waals surface area contributed by atoms with E-state index in [9.17, 15) is 9.18 Å². The van der Waals surface area contributed by atoms with E-state index in [1.165, 1.54) is 23.9 Å². The van der Waals surface area contributed by atoms with Crippen molar-refractivity contribution < 1.29 is 18.5 Å². The second-order valence-electron chi connectivity index (χ2n) is 4.57. The number of hydrogen-bond acceptors (Lipinski definition) is 3. The summed E-state index contributed by atoms with van der Waals surface area (Å²) >= 11 is 3.35. The number of aromatic nitrogens is 2. The minimum atomic E-state index is -0.725. The fourth-order valence-electron chi connectivity index (χ4n) is 2.19. The molecule has 0 saturated heterocycles. The third-order valence-corrected chi connectivity index (χ3v) is 3.84. The lowest BCUT2D eigenvalue weighted by atomic mass is 10.2. The predicted molar refractivity (Wildman–Crippen MR) is 82.3 cm³/mol. The van der Waals surface area contributed by atoms with Gasteiger partial charge in [-0.05, 0) is 28.1 Å². The number of pyridine rings is 2. The van der Waals surface area contributed by atoms with E-state index in [1.54, 1.807) is 12.1 Å². The van der Waals surface area contributed by atoms with Gasteiger partial charge in [0.2, 0.25) is 5.69 Å². The van der Waals surface area contributed by atoms with E-state index in [4.69, 9.17) is 0 Å². The highest BCUT2D eigenvalue weighted by atomic mass is 79.9. The molecule has 4 nitrogen and oxygen atoms in total. The van der Waals surface area contributed by atoms with Crippen molar-refractivity contribution in [2.75, 3.05) is 7.11 Å². The average Bonchev–Trinajstić information content (AvgIpc) is 2.54. The van der Waals surface area contributed by atoms with Gasteiger partial charge in [0.25, 0.3) is 0 Å². The molecule has 0 aliphatic carbocycles. The van der Waals surface area contributed by atoms with Gasteiger partial charge in [-0.2, -0.15) is 0 Å². The lowest BCUT2D eigenvalue weighted by Crippen LogP contribution is -2.37. The normalized spacial score (nSPS) is 10.7. The van der Waals surface area contributed by atoms with Crippen LogP contribution in [0.5, 0.6) is 0 Å². The maximum atomic E-state index is 14.6. The van der Waals surface area contributed by atoms with Gasteiger partial charge in [0.15, 0.2) is 16.4 Å². The molecule has 2 heterocycles. The third-order valence-electron chi connectivity index (χ3n) is 3.26. The Hall–Kier alpha value is -2.34. The van der Waals surface area contributed by atoms with E-state index < -0.39 is 11.9 Å². The van der Waals surface area contributed by atoms with Gasteiger partial charge >= 0.3 is 11.9 Å². The van der Waals surface area contributed by atoms with Crippen molar-refractivity contribution in [1.29, 1.82) is 0 Å². The first-order chi connectivity index (χ1) is 10.6. The number of para-hydroxylation sites is 1. The maximum absolute atomic E-state index is 14.6. The molecule has 22 heavy (non-hydrogen) atoms. The molecule has 2 aromatic heterocycles. The zero-order valence-corrected chi connectivity index (χ0v) is 13.2. The minimum absolute atomic E-state index is 0.134. The van der Waals surface area contributed by atoms with Crippen molar-refractivity contribution in [2.24, 2.45) is 0 Å². The molecule has 0 fully saturated rings. The quantitative estimate of drug-likeness (QED) is 0.400. The number of carbonyl (C=O) groups excluding carboxylic acids is 1. The zero-order valence-electron chi connectivity index (χ0n) is 11.6. The fourth-order valence-corrected chi connectivity index (χ4v) is 2.68. The van der Waals surface area contributed by atoms with Crippen molar-refractivity contribution in [3.05, 3.63) is 64.8 Å². The van der Waals surface area contributed by atoms with Crippen molar-refractivity contribution in [2.45, 2.75) is 0 Å². The lowest BCUT2D eigenvalue weighted by Gasteiger charge is -2.04. The minimum Gasteiger partial charge on any atom is -0.465 e. The number of methoxy groups -OCH3 is 1. The Labute approximate surface area is 134 Å². The molecule has 1 aromatic carbocycles. The first-order valence-electron chi connectivity index (χ1n) is 6.46. The molecular formula is C16H11BrFN2O2+. The number of fused-ring (bicyclic) bond motifs is 1. The van der Waals surface area contributed by atoms with E-state index in [-0.39, 0.29) is 5.56 Å². The molecule has 0 radical (unpaired) electrons. The van der Waals surface area contributed by atoms with Gasteiger partial charge in [0, 0.05) is 17.5 Å². The Balaban J connectivity index is 2.23. The van der Waals surface area contributed by atoms with Crippen LogP contribution in [0.15, 0.2) is 53.3 Å². The molecule has 0 aliphatic rings. The van der Waals surface area contributed by atoms with Gasteiger partial charge in [-0.25, -0.2) is 9.78 Å². The number of rotatable bonds is 2. The van der Waals surface area contributed by atoms with Crippen LogP contribution in [0.3, 0.4) is 0 Å². The van der Waals surface area contributed by atoms with E-state index in [2.05, 4.69) is 25.7 Å². The highest BCUT2D eigenvalue weighted by Crippen LogP contribution is 2.21. The standard InChI is InChI=1S/C16H11BrFN2O2/c1-22-16(21)11-6-4-8-20(15(11)18)13-9-10-5-2-3-7-12(10)19-14(13)17/h2-9H,1H3/q+1. The average molecular weight is 362 g/mol. The summed E-state index contributed by atoms with van der Waals surface area (Å²) in [5, 5.41) is 0.871. The Morgan fingerprint density at radius 3 is 2.82 bits per heavy atom. The van der Waals surface area contributed by atoms with Crippen LogP contribution in [-0.2, 0) is 4.74 Å². The molecule has 3 rings (SSSR count). The van der Waals surface area contributed by atoms with E-state index in [0.717, 1.165) is 10.9 Å². The Morgan fingerprint density at radius 2 is 2.05 bits per heavy atom. The van der Waals surface area contributed by atoms with Crippen LogP contribution in [0.4, 0.5) is 4.39 Å². The van der Waals surface area contributed by atoms with Gasteiger partial charge in [-0.1, -0.05) is 18.2 Å². The number of nitrogens with zero attached hydrogens (tertiary/aromatic N) is 2. The molecule has 110 valence electrons. The van der Waals surface area contributed by atoms with Gasteiger partial charge in [-0.3, -0.25) is 0 Å². The maximum Gasteiger partial charge on any atom is 0.380 e. The van der Waals surface area contributed by atoms with Crippen LogP contribution in [-0.4, -0.2) is 18.1 Å². The summed E-state index contributed by atoms with van der Waals surface area (Å²) in [6.07, 6.45) is 1.53. The van der Waals surface area contributed by atoms with Crippen LogP contribution >= 0.6 is 15.9 Å². The summed E-state index contributed by atoms with van der Waals surface area (Å²) in [6.45, 7) is 0. The van der Waals surface area contributed by atoms with E-state index in [1.807, 2.05) is 24.3 Å². The second kappa shape index (κ2) is 5.81. The van der Waals surface area contributed by atoms with Crippen LogP contribution in [0.25, 0.3) is 16.6 Å². The van der Waals surface area contributed by atoms with Crippen LogP contribution in [0.2, 0.25) is 0 Å². The Kier molecular flexibility index (Phi) is 3.85. The molecule has 0 N–H and O–H groups in total. The molecule has 0 atom stereocenters. The van der Waals surface area contributed by atoms with Gasteiger partial charge in [-0.15, -0.1) is 8.96 Å². The highest BCUT2D eigenvalue weighted by Gasteiger charge is 2.25. The monoisotopic (exact) mass is 361 g/mol. The summed E-state index contributed by atoms with van der Waals surface area (Å²) in [4.78, 5) is 16.0. The smallest absolute Gasteiger partial charge is 0.380 e. The van der Waals surface area contributed by atoms with Crippen molar-refractivity contribution >= 4 is 32.8 Å². The van der Waals surface area contributed by atoms with Crippen molar-refractivity contribution in [3.8, 4) is 5.69 Å². The van der Waals surface area contributed by atoms with Crippen LogP contribution < -0.4 is 4.57 Å². The summed E-state index contributed by atoms with van der Waals surface area (Å²) in [7, 11) is 1.21.